The zero-order valence-corrected chi connectivity index (χ0v) is 23.8. The second kappa shape index (κ2) is 19.0. The monoisotopic (exact) mass is 571 g/mol. The van der Waals surface area contributed by atoms with E-state index in [1.54, 1.807) is 6.92 Å². The van der Waals surface area contributed by atoms with Crippen LogP contribution in [-0.2, 0) is 24.0 Å². The molecule has 2 aliphatic rings. The predicted molar refractivity (Wildman–Crippen MR) is 160 cm³/mol. The van der Waals surface area contributed by atoms with E-state index >= 15 is 0 Å². The van der Waals surface area contributed by atoms with E-state index < -0.39 is 24.0 Å². The molecule has 4 unspecified atom stereocenters. The Labute approximate surface area is 243 Å². The molecule has 3 amide bonds. The number of carboxylic acids is 2. The first kappa shape index (κ1) is 36.8. The average molecular weight is 572 g/mol. The topological polar surface area (TPSA) is 162 Å². The Morgan fingerprint density at radius 1 is 0.854 bits per heavy atom. The van der Waals surface area contributed by atoms with Crippen LogP contribution in [0.2, 0.25) is 0 Å². The summed E-state index contributed by atoms with van der Waals surface area (Å²) in [6.07, 6.45) is 13.3. The van der Waals surface area contributed by atoms with Crippen molar-refractivity contribution in [3.05, 3.63) is 65.8 Å². The van der Waals surface area contributed by atoms with Crippen LogP contribution in [0.3, 0.4) is 0 Å². The number of carboxylic acid groups (broad SMARTS) is 2. The quantitative estimate of drug-likeness (QED) is 0.270. The van der Waals surface area contributed by atoms with Crippen molar-refractivity contribution in [3.63, 3.8) is 0 Å². The first-order valence-electron chi connectivity index (χ1n) is 13.2. The smallest absolute Gasteiger partial charge is 0.326 e. The van der Waals surface area contributed by atoms with E-state index in [0.717, 1.165) is 18.5 Å². The SMILES string of the molecule is C.CC(=O)NC(CCC1=CCC2C=CC=CC12)C(=O)O.CC(=O)Nc1ccc(C)cc1.CCC(NC(C)=O)C(=O)O. The average Bonchev–Trinajstić information content (AvgIpc) is 3.29. The number of amides is 3. The van der Waals surface area contributed by atoms with Crippen molar-refractivity contribution in [2.45, 2.75) is 79.8 Å². The van der Waals surface area contributed by atoms with E-state index in [0.29, 0.717) is 24.7 Å². The third kappa shape index (κ3) is 14.7. The van der Waals surface area contributed by atoms with Crippen molar-refractivity contribution < 1.29 is 34.2 Å². The van der Waals surface area contributed by atoms with E-state index in [-0.39, 0.29) is 25.1 Å². The normalized spacial score (nSPS) is 17.3. The van der Waals surface area contributed by atoms with Gasteiger partial charge < -0.3 is 26.2 Å². The summed E-state index contributed by atoms with van der Waals surface area (Å²) in [6.45, 7) is 7.85. The summed E-state index contributed by atoms with van der Waals surface area (Å²) >= 11 is 0. The number of benzene rings is 1. The van der Waals surface area contributed by atoms with Crippen molar-refractivity contribution in [3.8, 4) is 0 Å². The summed E-state index contributed by atoms with van der Waals surface area (Å²) in [5, 5.41) is 24.9. The van der Waals surface area contributed by atoms with Crippen LogP contribution in [0.5, 0.6) is 0 Å². The molecule has 0 radical (unpaired) electrons. The zero-order chi connectivity index (χ0) is 30.2. The van der Waals surface area contributed by atoms with Crippen LogP contribution in [0.15, 0.2) is 60.2 Å². The van der Waals surface area contributed by atoms with Crippen LogP contribution < -0.4 is 16.0 Å². The lowest BCUT2D eigenvalue weighted by Gasteiger charge is -2.20. The minimum absolute atomic E-state index is 0. The summed E-state index contributed by atoms with van der Waals surface area (Å²) < 4.78 is 0. The number of rotatable bonds is 9. The highest BCUT2D eigenvalue weighted by Crippen LogP contribution is 2.38. The third-order valence-corrected chi connectivity index (χ3v) is 6.18. The number of carbonyl (C=O) groups excluding carboxylic acids is 3. The molecule has 10 nitrogen and oxygen atoms in total. The second-order valence-corrected chi connectivity index (χ2v) is 9.65. The molecule has 0 saturated heterocycles. The molecule has 0 bridgehead atoms. The van der Waals surface area contributed by atoms with Crippen LogP contribution in [-0.4, -0.2) is 52.0 Å². The molecule has 0 aliphatic heterocycles. The Balaban J connectivity index is 0.000000626. The summed E-state index contributed by atoms with van der Waals surface area (Å²) in [7, 11) is 0. The molecule has 226 valence electrons. The molecule has 10 heteroatoms. The van der Waals surface area contributed by atoms with Gasteiger partial charge in [0.15, 0.2) is 0 Å². The van der Waals surface area contributed by atoms with Crippen molar-refractivity contribution in [2.24, 2.45) is 11.8 Å². The summed E-state index contributed by atoms with van der Waals surface area (Å²) in [5.41, 5.74) is 3.34. The van der Waals surface area contributed by atoms with E-state index in [2.05, 4.69) is 40.3 Å². The Kier molecular flexibility index (Phi) is 17.0. The fourth-order valence-electron chi connectivity index (χ4n) is 4.21. The lowest BCUT2D eigenvalue weighted by atomic mass is 9.85. The predicted octanol–water partition coefficient (Wildman–Crippen LogP) is 4.62. The maximum absolute atomic E-state index is 11.1. The van der Waals surface area contributed by atoms with Gasteiger partial charge in [-0.2, -0.15) is 0 Å². The van der Waals surface area contributed by atoms with Crippen molar-refractivity contribution in [2.75, 3.05) is 5.32 Å². The van der Waals surface area contributed by atoms with Crippen molar-refractivity contribution >= 4 is 35.3 Å². The molecule has 3 rings (SSSR count). The summed E-state index contributed by atoms with van der Waals surface area (Å²) in [5.74, 6) is -1.66. The van der Waals surface area contributed by atoms with Gasteiger partial charge >= 0.3 is 11.9 Å². The fraction of sp³-hybridized carbons (Fsp3) is 0.452. The van der Waals surface area contributed by atoms with Crippen molar-refractivity contribution in [1.29, 1.82) is 0 Å². The molecular formula is C31H45N3O7. The van der Waals surface area contributed by atoms with Gasteiger partial charge in [-0.1, -0.05) is 68.0 Å². The first-order chi connectivity index (χ1) is 18.8. The summed E-state index contributed by atoms with van der Waals surface area (Å²) in [4.78, 5) is 53.2. The molecule has 0 fully saturated rings. The number of anilines is 1. The number of nitrogens with one attached hydrogen (secondary N) is 3. The zero-order valence-electron chi connectivity index (χ0n) is 23.8. The largest absolute Gasteiger partial charge is 0.480 e. The van der Waals surface area contributed by atoms with Crippen molar-refractivity contribution in [1.82, 2.24) is 10.6 Å². The van der Waals surface area contributed by atoms with Gasteiger partial charge in [0, 0.05) is 32.4 Å². The Morgan fingerprint density at radius 2 is 1.39 bits per heavy atom. The highest BCUT2D eigenvalue weighted by molar-refractivity contribution is 5.88. The van der Waals surface area contributed by atoms with E-state index in [4.69, 9.17) is 10.2 Å². The Hall–Kier alpha value is -4.21. The molecule has 0 spiro atoms. The number of aryl methyl sites for hydroxylation is 1. The molecule has 0 heterocycles. The van der Waals surface area contributed by atoms with Gasteiger partial charge in [0.2, 0.25) is 17.7 Å². The van der Waals surface area contributed by atoms with E-state index in [1.807, 2.05) is 37.3 Å². The molecule has 41 heavy (non-hydrogen) atoms. The molecular weight excluding hydrogens is 526 g/mol. The van der Waals surface area contributed by atoms with Gasteiger partial charge in [-0.25, -0.2) is 9.59 Å². The number of carbonyl (C=O) groups is 5. The molecule has 5 N–H and O–H groups in total. The molecule has 4 atom stereocenters. The van der Waals surface area contributed by atoms with Gasteiger partial charge in [-0.15, -0.1) is 0 Å². The van der Waals surface area contributed by atoms with Crippen LogP contribution in [0.4, 0.5) is 5.69 Å². The lowest BCUT2D eigenvalue weighted by molar-refractivity contribution is -0.142. The van der Waals surface area contributed by atoms with Gasteiger partial charge in [-0.3, -0.25) is 14.4 Å². The van der Waals surface area contributed by atoms with Gasteiger partial charge in [0.05, 0.1) is 0 Å². The van der Waals surface area contributed by atoms with E-state index in [9.17, 15) is 24.0 Å². The van der Waals surface area contributed by atoms with Crippen LogP contribution >= 0.6 is 0 Å². The Bertz CT molecular complexity index is 1120. The molecule has 1 aromatic rings. The molecule has 1 aromatic carbocycles. The highest BCUT2D eigenvalue weighted by Gasteiger charge is 2.28. The second-order valence-electron chi connectivity index (χ2n) is 9.65. The maximum atomic E-state index is 11.1. The van der Waals surface area contributed by atoms with Crippen LogP contribution in [0.1, 0.15) is 66.4 Å². The van der Waals surface area contributed by atoms with Crippen LogP contribution in [0.25, 0.3) is 0 Å². The number of allylic oxidation sites excluding steroid dienone is 6. The standard InChI is InChI=1S/C15H19NO3.C9H11NO.C6H11NO3.CH4/c1-10(17)16-14(15(18)19)9-8-12-7-6-11-4-2-3-5-13(11)12;1-7-3-5-9(6-4-7)10-8(2)11;1-3-5(6(9)10)7-4(2)8;/h2-5,7,11,13-14H,6,8-9H2,1H3,(H,16,17)(H,18,19);3-6H,1-2H3,(H,10,11);5H,3H2,1-2H3,(H,7,8)(H,9,10);1H4. The molecule has 2 aliphatic carbocycles. The van der Waals surface area contributed by atoms with Crippen LogP contribution in [0, 0.1) is 18.8 Å². The first-order valence-corrected chi connectivity index (χ1v) is 13.2. The maximum Gasteiger partial charge on any atom is 0.326 e. The molecule has 0 saturated carbocycles. The number of fused-ring (bicyclic) bond motifs is 1. The summed E-state index contributed by atoms with van der Waals surface area (Å²) in [6, 6.07) is 6.17. The minimum atomic E-state index is -0.988. The lowest BCUT2D eigenvalue weighted by Crippen LogP contribution is -2.39. The number of hydrogen-bond acceptors (Lipinski definition) is 5. The van der Waals surface area contributed by atoms with Gasteiger partial charge in [-0.05, 0) is 50.7 Å². The fourth-order valence-corrected chi connectivity index (χ4v) is 4.21. The van der Waals surface area contributed by atoms with E-state index in [1.165, 1.54) is 31.9 Å². The van der Waals surface area contributed by atoms with Gasteiger partial charge in [0.1, 0.15) is 12.1 Å². The Morgan fingerprint density at radius 3 is 1.85 bits per heavy atom. The minimum Gasteiger partial charge on any atom is -0.480 e. The number of aliphatic carboxylic acids is 2. The number of hydrogen-bond donors (Lipinski definition) is 5. The third-order valence-electron chi connectivity index (χ3n) is 6.18. The van der Waals surface area contributed by atoms with Gasteiger partial charge in [0.25, 0.3) is 0 Å². The molecule has 0 aromatic heterocycles. The highest BCUT2D eigenvalue weighted by atomic mass is 16.4.